The molecule has 17 heavy (non-hydrogen) atoms. The number of benzene rings is 2. The van der Waals surface area contributed by atoms with E-state index in [2.05, 4.69) is 27.3 Å². The van der Waals surface area contributed by atoms with Crippen molar-refractivity contribution in [3.63, 3.8) is 0 Å². The van der Waals surface area contributed by atoms with Gasteiger partial charge in [-0.15, -0.1) is 0 Å². The van der Waals surface area contributed by atoms with E-state index in [4.69, 9.17) is 5.26 Å². The maximum absolute atomic E-state index is 9.00. The highest BCUT2D eigenvalue weighted by Crippen LogP contribution is 2.25. The third-order valence-electron chi connectivity index (χ3n) is 2.50. The lowest BCUT2D eigenvalue weighted by molar-refractivity contribution is 1.41. The van der Waals surface area contributed by atoms with Crippen LogP contribution in [0.2, 0.25) is 0 Å². The number of nitrogens with zero attached hydrogens (tertiary/aromatic N) is 1. The zero-order chi connectivity index (χ0) is 12.3. The summed E-state index contributed by atoms with van der Waals surface area (Å²) in [5, 5.41) is 12.2. The zero-order valence-corrected chi connectivity index (χ0v) is 11.0. The minimum atomic E-state index is 0.643. The standard InChI is InChI=1S/C14H11BrN2/c1-10-6-7-12(8-13(10)15)17-14-5-3-2-4-11(14)9-16/h2-8,17H,1H3. The van der Waals surface area contributed by atoms with Gasteiger partial charge >= 0.3 is 0 Å². The van der Waals surface area contributed by atoms with Crippen molar-refractivity contribution in [1.29, 1.82) is 5.26 Å². The molecule has 0 aliphatic heterocycles. The predicted octanol–water partition coefficient (Wildman–Crippen LogP) is 4.37. The second-order valence-corrected chi connectivity index (χ2v) is 4.60. The summed E-state index contributed by atoms with van der Waals surface area (Å²) < 4.78 is 1.05. The van der Waals surface area contributed by atoms with E-state index in [0.29, 0.717) is 5.56 Å². The Labute approximate surface area is 109 Å². The highest BCUT2D eigenvalue weighted by Gasteiger charge is 2.02. The van der Waals surface area contributed by atoms with Crippen molar-refractivity contribution in [2.45, 2.75) is 6.92 Å². The first-order valence-electron chi connectivity index (χ1n) is 5.23. The number of hydrogen-bond acceptors (Lipinski definition) is 2. The summed E-state index contributed by atoms with van der Waals surface area (Å²) in [5.74, 6) is 0. The normalized spacial score (nSPS) is 9.71. The second-order valence-electron chi connectivity index (χ2n) is 3.75. The summed E-state index contributed by atoms with van der Waals surface area (Å²) >= 11 is 3.49. The van der Waals surface area contributed by atoms with Crippen LogP contribution in [0.4, 0.5) is 11.4 Å². The number of nitrogens with one attached hydrogen (secondary N) is 1. The van der Waals surface area contributed by atoms with E-state index in [1.807, 2.05) is 43.3 Å². The molecule has 0 saturated carbocycles. The summed E-state index contributed by atoms with van der Waals surface area (Å²) in [6.07, 6.45) is 0. The number of halogens is 1. The maximum atomic E-state index is 9.00. The first-order chi connectivity index (χ1) is 8.20. The third-order valence-corrected chi connectivity index (χ3v) is 3.35. The summed E-state index contributed by atoms with van der Waals surface area (Å²) in [5.41, 5.74) is 3.62. The van der Waals surface area contributed by atoms with E-state index in [9.17, 15) is 0 Å². The van der Waals surface area contributed by atoms with Crippen molar-refractivity contribution in [3.8, 4) is 6.07 Å². The smallest absolute Gasteiger partial charge is 0.101 e. The van der Waals surface area contributed by atoms with Gasteiger partial charge in [0.15, 0.2) is 0 Å². The van der Waals surface area contributed by atoms with E-state index >= 15 is 0 Å². The van der Waals surface area contributed by atoms with Crippen LogP contribution < -0.4 is 5.32 Å². The summed E-state index contributed by atoms with van der Waals surface area (Å²) in [6.45, 7) is 2.04. The average molecular weight is 287 g/mol. The fraction of sp³-hybridized carbons (Fsp3) is 0.0714. The highest BCUT2D eigenvalue weighted by atomic mass is 79.9. The highest BCUT2D eigenvalue weighted by molar-refractivity contribution is 9.10. The fourth-order valence-electron chi connectivity index (χ4n) is 1.52. The Morgan fingerprint density at radius 2 is 1.94 bits per heavy atom. The average Bonchev–Trinajstić information content (AvgIpc) is 2.34. The van der Waals surface area contributed by atoms with Gasteiger partial charge in [-0.1, -0.05) is 34.1 Å². The minimum absolute atomic E-state index is 0.643. The Morgan fingerprint density at radius 3 is 2.65 bits per heavy atom. The van der Waals surface area contributed by atoms with Crippen molar-refractivity contribution >= 4 is 27.3 Å². The summed E-state index contributed by atoms with van der Waals surface area (Å²) in [6, 6.07) is 15.7. The zero-order valence-electron chi connectivity index (χ0n) is 9.37. The van der Waals surface area contributed by atoms with E-state index in [0.717, 1.165) is 15.8 Å². The summed E-state index contributed by atoms with van der Waals surface area (Å²) in [4.78, 5) is 0. The minimum Gasteiger partial charge on any atom is -0.354 e. The molecule has 0 aliphatic carbocycles. The SMILES string of the molecule is Cc1ccc(Nc2ccccc2C#N)cc1Br. The Kier molecular flexibility index (Phi) is 3.46. The fourth-order valence-corrected chi connectivity index (χ4v) is 1.89. The van der Waals surface area contributed by atoms with Crippen molar-refractivity contribution in [1.82, 2.24) is 0 Å². The molecule has 3 heteroatoms. The van der Waals surface area contributed by atoms with Crippen LogP contribution in [0.5, 0.6) is 0 Å². The molecule has 0 atom stereocenters. The van der Waals surface area contributed by atoms with Gasteiger partial charge in [0.05, 0.1) is 11.3 Å². The van der Waals surface area contributed by atoms with E-state index in [1.165, 1.54) is 5.56 Å². The molecule has 84 valence electrons. The van der Waals surface area contributed by atoms with Gasteiger partial charge in [-0.05, 0) is 36.8 Å². The molecular formula is C14H11BrN2. The van der Waals surface area contributed by atoms with Gasteiger partial charge in [0.25, 0.3) is 0 Å². The van der Waals surface area contributed by atoms with Gasteiger partial charge in [0, 0.05) is 10.2 Å². The van der Waals surface area contributed by atoms with Gasteiger partial charge in [0.1, 0.15) is 6.07 Å². The third kappa shape index (κ3) is 2.66. The van der Waals surface area contributed by atoms with Gasteiger partial charge in [0.2, 0.25) is 0 Å². The molecule has 0 radical (unpaired) electrons. The van der Waals surface area contributed by atoms with E-state index in [-0.39, 0.29) is 0 Å². The van der Waals surface area contributed by atoms with Crippen LogP contribution in [0.1, 0.15) is 11.1 Å². The molecule has 2 rings (SSSR count). The molecule has 0 fully saturated rings. The number of para-hydroxylation sites is 1. The number of aryl methyl sites for hydroxylation is 1. The molecule has 0 aromatic heterocycles. The van der Waals surface area contributed by atoms with E-state index < -0.39 is 0 Å². The summed E-state index contributed by atoms with van der Waals surface area (Å²) in [7, 11) is 0. The lowest BCUT2D eigenvalue weighted by Crippen LogP contribution is -1.93. The van der Waals surface area contributed by atoms with E-state index in [1.54, 1.807) is 6.07 Å². The van der Waals surface area contributed by atoms with Crippen LogP contribution >= 0.6 is 15.9 Å². The van der Waals surface area contributed by atoms with Crippen molar-refractivity contribution in [2.75, 3.05) is 5.32 Å². The van der Waals surface area contributed by atoms with Gasteiger partial charge < -0.3 is 5.32 Å². The number of nitriles is 1. The van der Waals surface area contributed by atoms with Crippen LogP contribution in [0.15, 0.2) is 46.9 Å². The van der Waals surface area contributed by atoms with Gasteiger partial charge in [-0.3, -0.25) is 0 Å². The van der Waals surface area contributed by atoms with Crippen molar-refractivity contribution in [3.05, 3.63) is 58.1 Å². The molecule has 0 aliphatic rings. The first-order valence-corrected chi connectivity index (χ1v) is 6.02. The molecule has 0 saturated heterocycles. The first kappa shape index (κ1) is 11.7. The molecule has 1 N–H and O–H groups in total. The molecule has 0 bridgehead atoms. The molecule has 0 amide bonds. The monoisotopic (exact) mass is 286 g/mol. The van der Waals surface area contributed by atoms with Crippen LogP contribution in [0.25, 0.3) is 0 Å². The van der Waals surface area contributed by atoms with Crippen LogP contribution in [0, 0.1) is 18.3 Å². The Morgan fingerprint density at radius 1 is 1.18 bits per heavy atom. The topological polar surface area (TPSA) is 35.8 Å². The second kappa shape index (κ2) is 5.03. The maximum Gasteiger partial charge on any atom is 0.101 e. The van der Waals surface area contributed by atoms with Crippen LogP contribution in [-0.2, 0) is 0 Å². The van der Waals surface area contributed by atoms with Crippen molar-refractivity contribution in [2.24, 2.45) is 0 Å². The quantitative estimate of drug-likeness (QED) is 0.890. The van der Waals surface area contributed by atoms with Gasteiger partial charge in [-0.25, -0.2) is 0 Å². The number of anilines is 2. The lowest BCUT2D eigenvalue weighted by Gasteiger charge is -2.09. The molecule has 0 heterocycles. The molecule has 2 aromatic carbocycles. The molecule has 2 aromatic rings. The Balaban J connectivity index is 2.32. The number of rotatable bonds is 2. The Bertz CT molecular complexity index is 585. The predicted molar refractivity (Wildman–Crippen MR) is 73.3 cm³/mol. The van der Waals surface area contributed by atoms with Gasteiger partial charge in [-0.2, -0.15) is 5.26 Å². The van der Waals surface area contributed by atoms with Crippen LogP contribution in [0.3, 0.4) is 0 Å². The molecule has 0 unspecified atom stereocenters. The van der Waals surface area contributed by atoms with Crippen molar-refractivity contribution < 1.29 is 0 Å². The number of hydrogen-bond donors (Lipinski definition) is 1. The Hall–Kier alpha value is -1.79. The largest absolute Gasteiger partial charge is 0.354 e. The molecule has 2 nitrogen and oxygen atoms in total. The molecular weight excluding hydrogens is 276 g/mol. The van der Waals surface area contributed by atoms with Crippen LogP contribution in [-0.4, -0.2) is 0 Å². The lowest BCUT2D eigenvalue weighted by atomic mass is 10.1. The molecule has 0 spiro atoms.